The molecule has 57 heavy (non-hydrogen) atoms. The first kappa shape index (κ1) is 33.2. The van der Waals surface area contributed by atoms with Crippen molar-refractivity contribution in [3.8, 4) is 22.5 Å². The van der Waals surface area contributed by atoms with E-state index in [9.17, 15) is 0 Å². The molecule has 0 aliphatic carbocycles. The van der Waals surface area contributed by atoms with Crippen molar-refractivity contribution >= 4 is 72.4 Å². The first-order valence-electron chi connectivity index (χ1n) is 19.7. The Hall–Kier alpha value is -7.20. The minimum atomic E-state index is -2.86. The summed E-state index contributed by atoms with van der Waals surface area (Å²) < 4.78 is 4.98. The number of aromatic nitrogens is 2. The molecule has 3 heteroatoms. The van der Waals surface area contributed by atoms with Crippen molar-refractivity contribution < 1.29 is 0 Å². The molecule has 0 aliphatic rings. The highest BCUT2D eigenvalue weighted by molar-refractivity contribution is 7.19. The predicted molar refractivity (Wildman–Crippen MR) is 244 cm³/mol. The molecule has 0 fully saturated rings. The standard InChI is InChI=1S/C54H38N2Si/c1-4-20-39(21-5-1)57(40-22-6-2-7-23-40,41-24-8-3-9-25-41)42-36-37-48(54(38-42)56-52-34-18-12-28-45(52)46-29-13-19-35-53(46)56)47-30-14-17-33-51(47)55-49-31-15-10-26-43(49)44-27-11-16-32-50(44)55/h1-38H. The first-order chi connectivity index (χ1) is 28.3. The number of hydrogen-bond donors (Lipinski definition) is 0. The van der Waals surface area contributed by atoms with Crippen molar-refractivity contribution in [2.45, 2.75) is 0 Å². The van der Waals surface area contributed by atoms with Gasteiger partial charge >= 0.3 is 0 Å². The molecule has 2 heterocycles. The molecule has 268 valence electrons. The molecule has 0 unspecified atom stereocenters. The predicted octanol–water partition coefficient (Wildman–Crippen LogP) is 10.9. The van der Waals surface area contributed by atoms with Crippen molar-refractivity contribution in [1.29, 1.82) is 0 Å². The second-order valence-corrected chi connectivity index (χ2v) is 18.6. The summed E-state index contributed by atoms with van der Waals surface area (Å²) >= 11 is 0. The minimum absolute atomic E-state index is 1.15. The third-order valence-corrected chi connectivity index (χ3v) is 16.7. The number of fused-ring (bicyclic) bond motifs is 6. The second-order valence-electron chi connectivity index (χ2n) is 14.8. The van der Waals surface area contributed by atoms with E-state index in [1.54, 1.807) is 0 Å². The first-order valence-corrected chi connectivity index (χ1v) is 21.7. The maximum atomic E-state index is 2.54. The molecule has 0 atom stereocenters. The lowest BCUT2D eigenvalue weighted by atomic mass is 10.0. The Bertz CT molecular complexity index is 3030. The Morgan fingerprint density at radius 3 is 1.02 bits per heavy atom. The molecule has 11 rings (SSSR count). The highest BCUT2D eigenvalue weighted by Crippen LogP contribution is 2.40. The van der Waals surface area contributed by atoms with Gasteiger partial charge in [-0.1, -0.05) is 194 Å². The van der Waals surface area contributed by atoms with Crippen LogP contribution in [0.1, 0.15) is 0 Å². The van der Waals surface area contributed by atoms with Gasteiger partial charge in [0.15, 0.2) is 8.07 Å². The molecule has 0 spiro atoms. The van der Waals surface area contributed by atoms with Crippen molar-refractivity contribution in [2.24, 2.45) is 0 Å². The maximum absolute atomic E-state index is 2.86. The van der Waals surface area contributed by atoms with Crippen LogP contribution in [0.3, 0.4) is 0 Å². The zero-order valence-corrected chi connectivity index (χ0v) is 32.3. The summed E-state index contributed by atoms with van der Waals surface area (Å²) in [6, 6.07) is 85.4. The molecule has 2 nitrogen and oxygen atoms in total. The Morgan fingerprint density at radius 1 is 0.246 bits per heavy atom. The summed E-state index contributed by atoms with van der Waals surface area (Å²) in [5.74, 6) is 0. The van der Waals surface area contributed by atoms with Crippen LogP contribution in [0.25, 0.3) is 66.1 Å². The number of para-hydroxylation sites is 5. The summed E-state index contributed by atoms with van der Waals surface area (Å²) in [5.41, 5.74) is 9.46. The fraction of sp³-hybridized carbons (Fsp3) is 0. The molecule has 11 aromatic rings. The SMILES string of the molecule is c1ccc([Si](c2ccccc2)(c2ccccc2)c2ccc(-c3ccccc3-n3c4ccccc4c4ccccc43)c(-n3c4ccccc4c4ccccc43)c2)cc1. The molecular formula is C54H38N2Si. The van der Waals surface area contributed by atoms with Crippen LogP contribution in [0.15, 0.2) is 231 Å². The maximum Gasteiger partial charge on any atom is 0.179 e. The minimum Gasteiger partial charge on any atom is -0.309 e. The lowest BCUT2D eigenvalue weighted by Crippen LogP contribution is -2.74. The van der Waals surface area contributed by atoms with Gasteiger partial charge in [-0.25, -0.2) is 0 Å². The third-order valence-electron chi connectivity index (χ3n) is 11.9. The Kier molecular flexibility index (Phi) is 7.87. The van der Waals surface area contributed by atoms with Crippen LogP contribution in [0.4, 0.5) is 0 Å². The smallest absolute Gasteiger partial charge is 0.179 e. The lowest BCUT2D eigenvalue weighted by Gasteiger charge is -2.35. The third kappa shape index (κ3) is 5.10. The quantitative estimate of drug-likeness (QED) is 0.114. The number of benzene rings is 9. The molecule has 0 bridgehead atoms. The van der Waals surface area contributed by atoms with E-state index in [0.29, 0.717) is 0 Å². The second kappa shape index (κ2) is 13.5. The summed E-state index contributed by atoms with van der Waals surface area (Å²) in [7, 11) is -2.86. The average Bonchev–Trinajstić information content (AvgIpc) is 3.81. The topological polar surface area (TPSA) is 9.86 Å². The summed E-state index contributed by atoms with van der Waals surface area (Å²) in [5, 5.41) is 10.4. The van der Waals surface area contributed by atoms with Crippen LogP contribution in [0.2, 0.25) is 0 Å². The summed E-state index contributed by atoms with van der Waals surface area (Å²) in [6.07, 6.45) is 0. The number of hydrogen-bond acceptors (Lipinski definition) is 0. The van der Waals surface area contributed by atoms with E-state index in [4.69, 9.17) is 0 Å². The van der Waals surface area contributed by atoms with Crippen LogP contribution >= 0.6 is 0 Å². The molecule has 0 amide bonds. The van der Waals surface area contributed by atoms with E-state index in [-0.39, 0.29) is 0 Å². The Balaban J connectivity index is 1.29. The monoisotopic (exact) mass is 742 g/mol. The molecule has 0 aliphatic heterocycles. The van der Waals surface area contributed by atoms with Gasteiger partial charge in [0.25, 0.3) is 0 Å². The number of nitrogens with zero attached hydrogens (tertiary/aromatic N) is 2. The van der Waals surface area contributed by atoms with Gasteiger partial charge in [-0.3, -0.25) is 0 Å². The summed E-state index contributed by atoms with van der Waals surface area (Å²) in [6.45, 7) is 0. The van der Waals surface area contributed by atoms with E-state index in [2.05, 4.69) is 240 Å². The van der Waals surface area contributed by atoms with Crippen LogP contribution in [0.5, 0.6) is 0 Å². The van der Waals surface area contributed by atoms with Gasteiger partial charge in [-0.05, 0) is 57.1 Å². The van der Waals surface area contributed by atoms with E-state index in [1.807, 2.05) is 0 Å². The molecule has 0 N–H and O–H groups in total. The number of rotatable bonds is 7. The lowest BCUT2D eigenvalue weighted by molar-refractivity contribution is 1.16. The van der Waals surface area contributed by atoms with E-state index in [0.717, 1.165) is 11.4 Å². The summed E-state index contributed by atoms with van der Waals surface area (Å²) in [4.78, 5) is 0. The molecule has 0 radical (unpaired) electrons. The van der Waals surface area contributed by atoms with Gasteiger partial charge in [0, 0.05) is 32.7 Å². The van der Waals surface area contributed by atoms with Crippen molar-refractivity contribution in [3.63, 3.8) is 0 Å². The van der Waals surface area contributed by atoms with Gasteiger partial charge in [0.1, 0.15) is 0 Å². The van der Waals surface area contributed by atoms with Crippen molar-refractivity contribution in [1.82, 2.24) is 9.13 Å². The molecule has 2 aromatic heterocycles. The van der Waals surface area contributed by atoms with E-state index < -0.39 is 8.07 Å². The molecule has 0 saturated carbocycles. The average molecular weight is 743 g/mol. The van der Waals surface area contributed by atoms with E-state index in [1.165, 1.54) is 75.5 Å². The highest BCUT2D eigenvalue weighted by atomic mass is 28.3. The largest absolute Gasteiger partial charge is 0.309 e. The van der Waals surface area contributed by atoms with Crippen LogP contribution in [-0.2, 0) is 0 Å². The van der Waals surface area contributed by atoms with Gasteiger partial charge < -0.3 is 9.13 Å². The molecule has 0 saturated heterocycles. The zero-order valence-electron chi connectivity index (χ0n) is 31.3. The normalized spacial score (nSPS) is 11.9. The van der Waals surface area contributed by atoms with Crippen molar-refractivity contribution in [2.75, 3.05) is 0 Å². The highest BCUT2D eigenvalue weighted by Gasteiger charge is 2.42. The van der Waals surface area contributed by atoms with E-state index >= 15 is 0 Å². The van der Waals surface area contributed by atoms with Gasteiger partial charge in [0.2, 0.25) is 0 Å². The molecule has 9 aromatic carbocycles. The fourth-order valence-corrected chi connectivity index (χ4v) is 14.3. The van der Waals surface area contributed by atoms with Gasteiger partial charge in [-0.2, -0.15) is 0 Å². The van der Waals surface area contributed by atoms with Crippen LogP contribution < -0.4 is 20.7 Å². The van der Waals surface area contributed by atoms with Gasteiger partial charge in [0.05, 0.1) is 33.4 Å². The van der Waals surface area contributed by atoms with Crippen molar-refractivity contribution in [3.05, 3.63) is 231 Å². The zero-order chi connectivity index (χ0) is 37.8. The van der Waals surface area contributed by atoms with Crippen LogP contribution in [-0.4, -0.2) is 17.2 Å². The Morgan fingerprint density at radius 2 is 0.579 bits per heavy atom. The Labute approximate surface area is 333 Å². The van der Waals surface area contributed by atoms with Crippen LogP contribution in [0, 0.1) is 0 Å². The fourth-order valence-electron chi connectivity index (χ4n) is 9.50. The van der Waals surface area contributed by atoms with Gasteiger partial charge in [-0.15, -0.1) is 0 Å². The molecular weight excluding hydrogens is 705 g/mol.